The first-order chi connectivity index (χ1) is 16.5. The van der Waals surface area contributed by atoms with Crippen LogP contribution in [0.15, 0.2) is 40.9 Å². The molecule has 8 nitrogen and oxygen atoms in total. The summed E-state index contributed by atoms with van der Waals surface area (Å²) in [5.74, 6) is 0.996. The highest BCUT2D eigenvalue weighted by Crippen LogP contribution is 2.31. The molecule has 0 aliphatic carbocycles. The molecule has 1 aliphatic rings. The van der Waals surface area contributed by atoms with Gasteiger partial charge in [0.15, 0.2) is 0 Å². The van der Waals surface area contributed by atoms with Crippen LogP contribution in [-0.2, 0) is 22.0 Å². The number of benzene rings is 2. The number of aromatic nitrogens is 2. The number of nitriles is 1. The van der Waals surface area contributed by atoms with Crippen LogP contribution in [0.4, 0.5) is 0 Å². The van der Waals surface area contributed by atoms with Crippen molar-refractivity contribution >= 4 is 17.8 Å². The molecule has 2 aromatic carbocycles. The second kappa shape index (κ2) is 10.7. The van der Waals surface area contributed by atoms with Crippen molar-refractivity contribution < 1.29 is 18.3 Å². The highest BCUT2D eigenvalue weighted by atomic mass is 35.5. The van der Waals surface area contributed by atoms with Crippen molar-refractivity contribution in [3.8, 4) is 34.7 Å². The van der Waals surface area contributed by atoms with Gasteiger partial charge in [0, 0.05) is 30.6 Å². The Hall–Kier alpha value is -3.41. The molecule has 176 valence electrons. The highest BCUT2D eigenvalue weighted by molar-refractivity contribution is 6.13. The van der Waals surface area contributed by atoms with Crippen molar-refractivity contribution in [2.24, 2.45) is 0 Å². The van der Waals surface area contributed by atoms with Crippen LogP contribution in [0.5, 0.6) is 5.75 Å². The standard InChI is InChI=1S/C25H25ClN4O4/c1-16(2)32-22-9-8-17(13-19(22)14-27)25-28-24(29-34-25)21-6-3-5-18-15-30(12-10-20(18)21)11-4-7-23(31)33-26/h3,5-6,8-9,13,16H,4,7,10-12,15H2,1-2H3. The largest absolute Gasteiger partial charge is 0.490 e. The molecule has 0 unspecified atom stereocenters. The molecule has 3 aromatic rings. The molecule has 2 heterocycles. The lowest BCUT2D eigenvalue weighted by atomic mass is 9.94. The maximum atomic E-state index is 11.2. The summed E-state index contributed by atoms with van der Waals surface area (Å²) in [5, 5.41) is 13.7. The monoisotopic (exact) mass is 480 g/mol. The van der Waals surface area contributed by atoms with Gasteiger partial charge in [0.2, 0.25) is 5.82 Å². The smallest absolute Gasteiger partial charge is 0.324 e. The van der Waals surface area contributed by atoms with Crippen molar-refractivity contribution in [3.05, 3.63) is 53.1 Å². The second-order valence-corrected chi connectivity index (χ2v) is 8.59. The van der Waals surface area contributed by atoms with Crippen LogP contribution in [0.3, 0.4) is 0 Å². The molecule has 34 heavy (non-hydrogen) atoms. The third-order valence-corrected chi connectivity index (χ3v) is 5.83. The van der Waals surface area contributed by atoms with Crippen LogP contribution in [0, 0.1) is 11.3 Å². The van der Waals surface area contributed by atoms with Crippen LogP contribution in [0.25, 0.3) is 22.8 Å². The van der Waals surface area contributed by atoms with E-state index in [1.807, 2.05) is 32.0 Å². The molecule has 0 spiro atoms. The minimum atomic E-state index is -0.404. The highest BCUT2D eigenvalue weighted by Gasteiger charge is 2.22. The summed E-state index contributed by atoms with van der Waals surface area (Å²) in [5.41, 5.74) is 4.43. The van der Waals surface area contributed by atoms with Gasteiger partial charge in [-0.15, -0.1) is 0 Å². The van der Waals surface area contributed by atoms with E-state index in [1.54, 1.807) is 12.1 Å². The molecule has 0 radical (unpaired) electrons. The van der Waals surface area contributed by atoms with Gasteiger partial charge < -0.3 is 13.5 Å². The zero-order valence-corrected chi connectivity index (χ0v) is 19.8. The third kappa shape index (κ3) is 5.38. The van der Waals surface area contributed by atoms with E-state index < -0.39 is 5.97 Å². The van der Waals surface area contributed by atoms with Crippen molar-refractivity contribution in [1.29, 1.82) is 5.26 Å². The first kappa shape index (κ1) is 23.7. The van der Waals surface area contributed by atoms with Gasteiger partial charge in [-0.1, -0.05) is 23.4 Å². The molecule has 4 rings (SSSR count). The molecule has 0 saturated carbocycles. The van der Waals surface area contributed by atoms with Crippen LogP contribution >= 0.6 is 11.9 Å². The molecule has 0 N–H and O–H groups in total. The lowest BCUT2D eigenvalue weighted by molar-refractivity contribution is -0.134. The number of halogens is 1. The normalized spacial score (nSPS) is 13.4. The van der Waals surface area contributed by atoms with Gasteiger partial charge in [-0.2, -0.15) is 10.2 Å². The van der Waals surface area contributed by atoms with E-state index in [0.717, 1.165) is 31.6 Å². The number of nitrogens with zero attached hydrogens (tertiary/aromatic N) is 4. The van der Waals surface area contributed by atoms with Crippen molar-refractivity contribution in [3.63, 3.8) is 0 Å². The Kier molecular flexibility index (Phi) is 7.46. The Morgan fingerprint density at radius 3 is 2.94 bits per heavy atom. The summed E-state index contributed by atoms with van der Waals surface area (Å²) in [6, 6.07) is 13.5. The predicted octanol–water partition coefficient (Wildman–Crippen LogP) is 4.90. The van der Waals surface area contributed by atoms with Gasteiger partial charge >= 0.3 is 5.97 Å². The Morgan fingerprint density at radius 2 is 2.18 bits per heavy atom. The Balaban J connectivity index is 1.51. The Bertz CT molecular complexity index is 1220. The maximum Gasteiger partial charge on any atom is 0.324 e. The van der Waals surface area contributed by atoms with E-state index in [1.165, 1.54) is 11.1 Å². The first-order valence-corrected chi connectivity index (χ1v) is 11.5. The van der Waals surface area contributed by atoms with Gasteiger partial charge in [-0.05, 0) is 62.6 Å². The van der Waals surface area contributed by atoms with Gasteiger partial charge in [0.1, 0.15) is 23.7 Å². The van der Waals surface area contributed by atoms with Crippen molar-refractivity contribution in [2.45, 2.75) is 45.8 Å². The summed E-state index contributed by atoms with van der Waals surface area (Å²) in [6.07, 6.45) is 1.81. The summed E-state index contributed by atoms with van der Waals surface area (Å²) < 4.78 is 15.4. The van der Waals surface area contributed by atoms with Gasteiger partial charge in [0.25, 0.3) is 5.89 Å². The molecule has 0 fully saturated rings. The number of carbonyl (C=O) groups is 1. The number of hydrogen-bond donors (Lipinski definition) is 0. The van der Waals surface area contributed by atoms with Crippen LogP contribution in [-0.4, -0.2) is 40.2 Å². The van der Waals surface area contributed by atoms with Gasteiger partial charge in [-0.3, -0.25) is 9.69 Å². The minimum Gasteiger partial charge on any atom is -0.490 e. The third-order valence-electron chi connectivity index (χ3n) is 5.66. The molecule has 1 aromatic heterocycles. The number of rotatable bonds is 8. The van der Waals surface area contributed by atoms with E-state index in [9.17, 15) is 10.1 Å². The topological polar surface area (TPSA) is 101 Å². The number of ether oxygens (including phenoxy) is 1. The zero-order chi connectivity index (χ0) is 24.1. The maximum absolute atomic E-state index is 11.2. The number of hydrogen-bond acceptors (Lipinski definition) is 8. The second-order valence-electron chi connectivity index (χ2n) is 8.43. The van der Waals surface area contributed by atoms with E-state index in [2.05, 4.69) is 31.5 Å². The first-order valence-electron chi connectivity index (χ1n) is 11.2. The average Bonchev–Trinajstić information content (AvgIpc) is 3.33. The lowest BCUT2D eigenvalue weighted by Crippen LogP contribution is -2.32. The van der Waals surface area contributed by atoms with E-state index in [0.29, 0.717) is 41.4 Å². The fraction of sp³-hybridized carbons (Fsp3) is 0.360. The van der Waals surface area contributed by atoms with E-state index in [-0.39, 0.29) is 6.10 Å². The molecule has 0 bridgehead atoms. The molecular weight excluding hydrogens is 456 g/mol. The fourth-order valence-corrected chi connectivity index (χ4v) is 4.19. The summed E-state index contributed by atoms with van der Waals surface area (Å²) >= 11 is 5.09. The summed E-state index contributed by atoms with van der Waals surface area (Å²) in [7, 11) is 0. The quantitative estimate of drug-likeness (QED) is 0.448. The summed E-state index contributed by atoms with van der Waals surface area (Å²) in [4.78, 5) is 18.2. The number of fused-ring (bicyclic) bond motifs is 1. The SMILES string of the molecule is CC(C)Oc1ccc(-c2nc(-c3cccc4c3CCN(CCCC(=O)OCl)C4)no2)cc1C#N. The Labute approximate surface area is 203 Å². The molecule has 9 heteroatoms. The van der Waals surface area contributed by atoms with Crippen LogP contribution in [0.1, 0.15) is 43.4 Å². The Morgan fingerprint density at radius 1 is 1.32 bits per heavy atom. The lowest BCUT2D eigenvalue weighted by Gasteiger charge is -2.29. The van der Waals surface area contributed by atoms with Crippen molar-refractivity contribution in [2.75, 3.05) is 13.1 Å². The summed E-state index contributed by atoms with van der Waals surface area (Å²) in [6.45, 7) is 6.27. The van der Waals surface area contributed by atoms with Gasteiger partial charge in [0.05, 0.1) is 11.7 Å². The minimum absolute atomic E-state index is 0.0321. The fourth-order valence-electron chi connectivity index (χ4n) is 4.11. The van der Waals surface area contributed by atoms with Crippen LogP contribution < -0.4 is 4.74 Å². The zero-order valence-electron chi connectivity index (χ0n) is 19.1. The molecule has 0 saturated heterocycles. The van der Waals surface area contributed by atoms with E-state index in [4.69, 9.17) is 21.1 Å². The molecule has 1 aliphatic heterocycles. The van der Waals surface area contributed by atoms with Crippen LogP contribution in [0.2, 0.25) is 0 Å². The van der Waals surface area contributed by atoms with Gasteiger partial charge in [-0.25, -0.2) is 0 Å². The number of carbonyl (C=O) groups excluding carboxylic acids is 1. The van der Waals surface area contributed by atoms with Crippen molar-refractivity contribution in [1.82, 2.24) is 15.0 Å². The molecule has 0 atom stereocenters. The average molecular weight is 481 g/mol. The predicted molar refractivity (Wildman–Crippen MR) is 126 cm³/mol. The molecule has 0 amide bonds. The van der Waals surface area contributed by atoms with E-state index >= 15 is 0 Å². The molecular formula is C25H25ClN4O4.